The number of imide groups is 1. The molecule has 0 saturated carbocycles. The van der Waals surface area contributed by atoms with E-state index in [1.807, 2.05) is 0 Å². The number of rotatable bonds is 6. The van der Waals surface area contributed by atoms with Crippen LogP contribution in [0.1, 0.15) is 17.4 Å². The second-order valence-electron chi connectivity index (χ2n) is 4.54. The van der Waals surface area contributed by atoms with Crippen LogP contribution in [0.4, 0.5) is 4.79 Å². The Kier molecular flexibility index (Phi) is 5.97. The van der Waals surface area contributed by atoms with Gasteiger partial charge in [0.1, 0.15) is 11.4 Å². The Hall–Kier alpha value is -1.65. The third kappa shape index (κ3) is 4.66. The standard InChI is InChI=1S/C13H14Br2N4O4/c1-2-23-6(3-8-12(21)19-13(22)18-8)5-16-11(20)9-4-7(14)10(15)17-9/h3-4,6,17H,2,5H2,1H3,(H,16,20)(H2,18,19,21,22)/b8-3-. The zero-order valence-electron chi connectivity index (χ0n) is 12.0. The fourth-order valence-corrected chi connectivity index (χ4v) is 2.54. The largest absolute Gasteiger partial charge is 0.373 e. The average molecular weight is 450 g/mol. The number of halogens is 2. The van der Waals surface area contributed by atoms with Gasteiger partial charge < -0.3 is 20.4 Å². The highest BCUT2D eigenvalue weighted by Gasteiger charge is 2.24. The Morgan fingerprint density at radius 1 is 1.39 bits per heavy atom. The lowest BCUT2D eigenvalue weighted by atomic mass is 10.2. The fourth-order valence-electron chi connectivity index (χ4n) is 1.88. The van der Waals surface area contributed by atoms with E-state index in [1.54, 1.807) is 13.0 Å². The maximum Gasteiger partial charge on any atom is 0.326 e. The number of nitrogens with one attached hydrogen (secondary N) is 4. The van der Waals surface area contributed by atoms with Gasteiger partial charge in [-0.15, -0.1) is 0 Å². The first-order valence-corrected chi connectivity index (χ1v) is 8.27. The highest BCUT2D eigenvalue weighted by molar-refractivity contribution is 9.13. The van der Waals surface area contributed by atoms with Crippen molar-refractivity contribution in [2.24, 2.45) is 0 Å². The van der Waals surface area contributed by atoms with E-state index in [9.17, 15) is 14.4 Å². The molecule has 1 atom stereocenters. The molecule has 4 N–H and O–H groups in total. The Bertz CT molecular complexity index is 651. The molecule has 1 fully saturated rings. The number of carbonyl (C=O) groups excluding carboxylic acids is 3. The normalized spacial score (nSPS) is 17.1. The third-order valence-corrected chi connectivity index (χ3v) is 4.67. The second-order valence-corrected chi connectivity index (χ2v) is 6.18. The minimum atomic E-state index is -0.582. The van der Waals surface area contributed by atoms with Gasteiger partial charge in [0, 0.05) is 13.2 Å². The quantitative estimate of drug-likeness (QED) is 0.388. The van der Waals surface area contributed by atoms with E-state index in [4.69, 9.17) is 4.74 Å². The number of aromatic amines is 1. The van der Waals surface area contributed by atoms with Crippen molar-refractivity contribution in [3.8, 4) is 0 Å². The fraction of sp³-hybridized carbons (Fsp3) is 0.308. The number of carbonyl (C=O) groups is 3. The summed E-state index contributed by atoms with van der Waals surface area (Å²) < 4.78 is 6.85. The second kappa shape index (κ2) is 7.75. The first-order chi connectivity index (χ1) is 10.9. The van der Waals surface area contributed by atoms with Crippen LogP contribution in [0, 0.1) is 0 Å². The van der Waals surface area contributed by atoms with Gasteiger partial charge in [0.05, 0.1) is 15.2 Å². The minimum absolute atomic E-state index is 0.105. The van der Waals surface area contributed by atoms with E-state index in [2.05, 4.69) is 52.8 Å². The molecule has 8 nitrogen and oxygen atoms in total. The molecule has 0 radical (unpaired) electrons. The summed E-state index contributed by atoms with van der Waals surface area (Å²) >= 11 is 6.54. The molecule has 1 aliphatic rings. The Morgan fingerprint density at radius 3 is 2.65 bits per heavy atom. The Morgan fingerprint density at radius 2 is 2.13 bits per heavy atom. The maximum atomic E-state index is 12.1. The van der Waals surface area contributed by atoms with Crippen molar-refractivity contribution >= 4 is 49.7 Å². The van der Waals surface area contributed by atoms with Crippen molar-refractivity contribution in [2.75, 3.05) is 13.2 Å². The Balaban J connectivity index is 1.99. The molecule has 23 heavy (non-hydrogen) atoms. The Labute approximate surface area is 148 Å². The van der Waals surface area contributed by atoms with Crippen LogP contribution in [0.3, 0.4) is 0 Å². The highest BCUT2D eigenvalue weighted by Crippen LogP contribution is 2.22. The van der Waals surface area contributed by atoms with Gasteiger partial charge in [-0.25, -0.2) is 4.79 Å². The van der Waals surface area contributed by atoms with Crippen LogP contribution in [-0.2, 0) is 9.53 Å². The number of H-pyrrole nitrogens is 1. The molecule has 0 spiro atoms. The molecule has 0 aliphatic carbocycles. The van der Waals surface area contributed by atoms with E-state index < -0.39 is 18.0 Å². The van der Waals surface area contributed by atoms with Crippen LogP contribution in [-0.4, -0.2) is 42.1 Å². The van der Waals surface area contributed by atoms with Gasteiger partial charge in [0.25, 0.3) is 11.8 Å². The monoisotopic (exact) mass is 448 g/mol. The first kappa shape index (κ1) is 17.7. The summed E-state index contributed by atoms with van der Waals surface area (Å²) in [6.07, 6.45) is 0.912. The zero-order valence-corrected chi connectivity index (χ0v) is 15.2. The van der Waals surface area contributed by atoms with Crippen molar-refractivity contribution in [2.45, 2.75) is 13.0 Å². The summed E-state index contributed by atoms with van der Waals surface area (Å²) in [5.74, 6) is -0.845. The summed E-state index contributed by atoms with van der Waals surface area (Å²) in [7, 11) is 0. The molecule has 1 saturated heterocycles. The van der Waals surface area contributed by atoms with E-state index in [-0.39, 0.29) is 18.1 Å². The molecule has 2 heterocycles. The molecule has 4 amide bonds. The van der Waals surface area contributed by atoms with Gasteiger partial charge in [-0.3, -0.25) is 14.9 Å². The number of urea groups is 1. The predicted octanol–water partition coefficient (Wildman–Crippen LogP) is 1.40. The SMILES string of the molecule is CCOC(/C=C1\NC(=O)NC1=O)CNC(=O)c1cc(Br)c(Br)[nH]1. The molecular weight excluding hydrogens is 436 g/mol. The number of ether oxygens (including phenoxy) is 1. The van der Waals surface area contributed by atoms with Crippen LogP contribution >= 0.6 is 31.9 Å². The number of hydrogen-bond acceptors (Lipinski definition) is 4. The molecule has 1 unspecified atom stereocenters. The van der Waals surface area contributed by atoms with E-state index in [1.165, 1.54) is 6.08 Å². The molecule has 1 aromatic rings. The van der Waals surface area contributed by atoms with Crippen LogP contribution in [0.15, 0.2) is 26.9 Å². The van der Waals surface area contributed by atoms with Crippen molar-refractivity contribution in [3.63, 3.8) is 0 Å². The van der Waals surface area contributed by atoms with Gasteiger partial charge in [0.2, 0.25) is 0 Å². The average Bonchev–Trinajstić information content (AvgIpc) is 2.98. The lowest BCUT2D eigenvalue weighted by Gasteiger charge is -2.14. The highest BCUT2D eigenvalue weighted by atomic mass is 79.9. The number of hydrogen-bond donors (Lipinski definition) is 4. The van der Waals surface area contributed by atoms with Gasteiger partial charge in [-0.05, 0) is 50.9 Å². The van der Waals surface area contributed by atoms with E-state index >= 15 is 0 Å². The van der Waals surface area contributed by atoms with Gasteiger partial charge in [-0.2, -0.15) is 0 Å². The number of aromatic nitrogens is 1. The van der Waals surface area contributed by atoms with Gasteiger partial charge >= 0.3 is 6.03 Å². The summed E-state index contributed by atoms with van der Waals surface area (Å²) in [5, 5.41) is 7.17. The van der Waals surface area contributed by atoms with Crippen LogP contribution < -0.4 is 16.0 Å². The predicted molar refractivity (Wildman–Crippen MR) is 88.7 cm³/mol. The van der Waals surface area contributed by atoms with Crippen LogP contribution in [0.25, 0.3) is 0 Å². The van der Waals surface area contributed by atoms with Gasteiger partial charge in [0.15, 0.2) is 0 Å². The van der Waals surface area contributed by atoms with E-state index in [0.717, 1.165) is 4.47 Å². The van der Waals surface area contributed by atoms with Gasteiger partial charge in [-0.1, -0.05) is 0 Å². The molecule has 10 heteroatoms. The third-order valence-electron chi connectivity index (χ3n) is 2.89. The molecule has 0 bridgehead atoms. The first-order valence-electron chi connectivity index (χ1n) is 6.68. The molecule has 1 aromatic heterocycles. The molecule has 124 valence electrons. The number of amides is 4. The maximum absolute atomic E-state index is 12.1. The van der Waals surface area contributed by atoms with Crippen molar-refractivity contribution in [3.05, 3.63) is 32.6 Å². The molecular formula is C13H14Br2N4O4. The summed E-state index contributed by atoms with van der Waals surface area (Å²) in [6.45, 7) is 2.33. The van der Waals surface area contributed by atoms with Crippen molar-refractivity contribution in [1.29, 1.82) is 0 Å². The molecule has 0 aromatic carbocycles. The zero-order chi connectivity index (χ0) is 17.0. The van der Waals surface area contributed by atoms with Crippen LogP contribution in [0.5, 0.6) is 0 Å². The van der Waals surface area contributed by atoms with E-state index in [0.29, 0.717) is 16.9 Å². The molecule has 1 aliphatic heterocycles. The van der Waals surface area contributed by atoms with Crippen molar-refractivity contribution < 1.29 is 19.1 Å². The molecule has 2 rings (SSSR count). The minimum Gasteiger partial charge on any atom is -0.373 e. The summed E-state index contributed by atoms with van der Waals surface area (Å²) in [6, 6.07) is 1.06. The van der Waals surface area contributed by atoms with Crippen molar-refractivity contribution in [1.82, 2.24) is 20.9 Å². The summed E-state index contributed by atoms with van der Waals surface area (Å²) in [5.41, 5.74) is 0.478. The lowest BCUT2D eigenvalue weighted by Crippen LogP contribution is -2.33. The lowest BCUT2D eigenvalue weighted by molar-refractivity contribution is -0.115. The smallest absolute Gasteiger partial charge is 0.326 e. The summed E-state index contributed by atoms with van der Waals surface area (Å²) in [4.78, 5) is 37.5. The topological polar surface area (TPSA) is 112 Å². The van der Waals surface area contributed by atoms with Crippen LogP contribution in [0.2, 0.25) is 0 Å².